The van der Waals surface area contributed by atoms with Crippen molar-refractivity contribution in [1.82, 2.24) is 4.98 Å². The molecule has 3 aromatic rings. The van der Waals surface area contributed by atoms with Crippen LogP contribution in [0.25, 0.3) is 22.9 Å². The van der Waals surface area contributed by atoms with Gasteiger partial charge in [0.2, 0.25) is 0 Å². The van der Waals surface area contributed by atoms with Gasteiger partial charge in [-0.15, -0.1) is 0 Å². The molecule has 0 fully saturated rings. The molecule has 0 aliphatic rings. The van der Waals surface area contributed by atoms with Gasteiger partial charge in [0.25, 0.3) is 0 Å². The summed E-state index contributed by atoms with van der Waals surface area (Å²) in [6.45, 7) is 3.83. The van der Waals surface area contributed by atoms with Crippen molar-refractivity contribution in [2.75, 3.05) is 0 Å². The molecule has 1 heterocycles. The molecule has 25 heavy (non-hydrogen) atoms. The number of alkyl halides is 3. The first-order valence-corrected chi connectivity index (χ1v) is 7.70. The number of aromatic hydroxyl groups is 1. The number of aryl methyl sites for hydroxylation is 2. The molecule has 5 heteroatoms. The van der Waals surface area contributed by atoms with Crippen LogP contribution in [0.5, 0.6) is 5.75 Å². The van der Waals surface area contributed by atoms with Gasteiger partial charge in [-0.05, 0) is 53.6 Å². The lowest BCUT2D eigenvalue weighted by Crippen LogP contribution is -2.07. The fraction of sp³-hybridized carbons (Fsp3) is 0.150. The third-order valence-corrected chi connectivity index (χ3v) is 4.08. The zero-order chi connectivity index (χ0) is 18.2. The SMILES string of the molecule is Cc1cc(C)c2ccc(/C=C/c3ccc(C(F)(F)F)nc3)cc2c1O. The molecule has 2 aromatic carbocycles. The number of halogens is 3. The van der Waals surface area contributed by atoms with E-state index in [0.717, 1.165) is 33.5 Å². The minimum atomic E-state index is -4.44. The van der Waals surface area contributed by atoms with Gasteiger partial charge in [-0.2, -0.15) is 13.2 Å². The van der Waals surface area contributed by atoms with Crippen LogP contribution in [0.2, 0.25) is 0 Å². The Bertz CT molecular complexity index is 957. The first-order chi connectivity index (χ1) is 11.8. The Morgan fingerprint density at radius 2 is 1.56 bits per heavy atom. The van der Waals surface area contributed by atoms with E-state index in [1.807, 2.05) is 38.1 Å². The zero-order valence-corrected chi connectivity index (χ0v) is 13.7. The summed E-state index contributed by atoms with van der Waals surface area (Å²) in [6.07, 6.45) is 0.217. The summed E-state index contributed by atoms with van der Waals surface area (Å²) in [7, 11) is 0. The van der Waals surface area contributed by atoms with E-state index in [9.17, 15) is 18.3 Å². The second kappa shape index (κ2) is 6.24. The monoisotopic (exact) mass is 343 g/mol. The molecule has 0 saturated heterocycles. The highest BCUT2D eigenvalue weighted by atomic mass is 19.4. The molecule has 1 aromatic heterocycles. The Labute approximate surface area is 143 Å². The van der Waals surface area contributed by atoms with E-state index in [1.54, 1.807) is 12.2 Å². The smallest absolute Gasteiger partial charge is 0.433 e. The van der Waals surface area contributed by atoms with Crippen molar-refractivity contribution >= 4 is 22.9 Å². The molecule has 0 saturated carbocycles. The van der Waals surface area contributed by atoms with Crippen LogP contribution in [0.1, 0.15) is 27.9 Å². The van der Waals surface area contributed by atoms with E-state index in [1.165, 1.54) is 12.3 Å². The lowest BCUT2D eigenvalue weighted by atomic mass is 9.98. The highest BCUT2D eigenvalue weighted by Gasteiger charge is 2.31. The van der Waals surface area contributed by atoms with Crippen LogP contribution >= 0.6 is 0 Å². The lowest BCUT2D eigenvalue weighted by Gasteiger charge is -2.09. The predicted octanol–water partition coefficient (Wildman–Crippen LogP) is 5.75. The Hall–Kier alpha value is -2.82. The van der Waals surface area contributed by atoms with Crippen LogP contribution in [0.3, 0.4) is 0 Å². The maximum atomic E-state index is 12.5. The van der Waals surface area contributed by atoms with E-state index < -0.39 is 11.9 Å². The first kappa shape index (κ1) is 17.0. The van der Waals surface area contributed by atoms with E-state index in [-0.39, 0.29) is 5.75 Å². The summed E-state index contributed by atoms with van der Waals surface area (Å²) in [5.41, 5.74) is 2.38. The Morgan fingerprint density at radius 1 is 0.880 bits per heavy atom. The van der Waals surface area contributed by atoms with Crippen molar-refractivity contribution in [3.05, 3.63) is 70.5 Å². The third kappa shape index (κ3) is 3.50. The summed E-state index contributed by atoms with van der Waals surface area (Å²) in [4.78, 5) is 3.43. The van der Waals surface area contributed by atoms with Gasteiger partial charge in [-0.25, -0.2) is 0 Å². The average molecular weight is 343 g/mol. The quantitative estimate of drug-likeness (QED) is 0.643. The molecule has 0 radical (unpaired) electrons. The van der Waals surface area contributed by atoms with Gasteiger partial charge in [0, 0.05) is 11.6 Å². The van der Waals surface area contributed by atoms with Crippen LogP contribution in [-0.2, 0) is 6.18 Å². The standard InChI is InChI=1S/C20H16F3NO/c1-12-9-13(2)19(25)17-10-14(5-7-16(12)17)3-4-15-6-8-18(24-11-15)20(21,22)23/h3-11,25H,1-2H3/b4-3+. The molecule has 0 atom stereocenters. The summed E-state index contributed by atoms with van der Waals surface area (Å²) in [5, 5.41) is 12.0. The summed E-state index contributed by atoms with van der Waals surface area (Å²) < 4.78 is 37.6. The van der Waals surface area contributed by atoms with Crippen molar-refractivity contribution in [1.29, 1.82) is 0 Å². The largest absolute Gasteiger partial charge is 0.507 e. The topological polar surface area (TPSA) is 33.1 Å². The van der Waals surface area contributed by atoms with Crippen molar-refractivity contribution in [2.24, 2.45) is 0 Å². The van der Waals surface area contributed by atoms with Crippen molar-refractivity contribution in [3.8, 4) is 5.75 Å². The molecular weight excluding hydrogens is 327 g/mol. The molecule has 0 spiro atoms. The number of aromatic nitrogens is 1. The number of nitrogens with zero attached hydrogens (tertiary/aromatic N) is 1. The van der Waals surface area contributed by atoms with Gasteiger partial charge in [-0.3, -0.25) is 4.98 Å². The molecule has 1 N–H and O–H groups in total. The fourth-order valence-corrected chi connectivity index (χ4v) is 2.75. The minimum absolute atomic E-state index is 0.243. The van der Waals surface area contributed by atoms with Crippen LogP contribution in [0.15, 0.2) is 42.6 Å². The fourth-order valence-electron chi connectivity index (χ4n) is 2.75. The molecular formula is C20H16F3NO. The molecule has 0 unspecified atom stereocenters. The molecule has 0 amide bonds. The second-order valence-corrected chi connectivity index (χ2v) is 5.97. The number of phenols is 1. The number of fused-ring (bicyclic) bond motifs is 1. The van der Waals surface area contributed by atoms with Gasteiger partial charge >= 0.3 is 6.18 Å². The van der Waals surface area contributed by atoms with Crippen LogP contribution in [0.4, 0.5) is 13.2 Å². The summed E-state index contributed by atoms with van der Waals surface area (Å²) in [6, 6.07) is 9.95. The number of phenolic OH excluding ortho intramolecular Hbond substituents is 1. The molecule has 128 valence electrons. The Morgan fingerprint density at radius 3 is 2.20 bits per heavy atom. The van der Waals surface area contributed by atoms with Crippen LogP contribution < -0.4 is 0 Å². The molecule has 0 aliphatic heterocycles. The summed E-state index contributed by atoms with van der Waals surface area (Å²) >= 11 is 0. The summed E-state index contributed by atoms with van der Waals surface area (Å²) in [5.74, 6) is 0.243. The normalized spacial score (nSPS) is 12.2. The number of benzene rings is 2. The molecule has 0 bridgehead atoms. The number of hydrogen-bond donors (Lipinski definition) is 1. The van der Waals surface area contributed by atoms with Crippen LogP contribution in [-0.4, -0.2) is 10.1 Å². The van der Waals surface area contributed by atoms with E-state index in [4.69, 9.17) is 0 Å². The molecule has 0 aliphatic carbocycles. The second-order valence-electron chi connectivity index (χ2n) is 5.97. The van der Waals surface area contributed by atoms with Gasteiger partial charge in [0.05, 0.1) is 0 Å². The van der Waals surface area contributed by atoms with E-state index in [0.29, 0.717) is 5.56 Å². The third-order valence-electron chi connectivity index (χ3n) is 4.08. The Balaban J connectivity index is 1.92. The van der Waals surface area contributed by atoms with Gasteiger partial charge < -0.3 is 5.11 Å². The number of pyridine rings is 1. The minimum Gasteiger partial charge on any atom is -0.507 e. The van der Waals surface area contributed by atoms with Gasteiger partial charge in [0.1, 0.15) is 11.4 Å². The van der Waals surface area contributed by atoms with Crippen LogP contribution in [0, 0.1) is 13.8 Å². The van der Waals surface area contributed by atoms with Gasteiger partial charge in [0.15, 0.2) is 0 Å². The predicted molar refractivity (Wildman–Crippen MR) is 93.3 cm³/mol. The maximum Gasteiger partial charge on any atom is 0.433 e. The average Bonchev–Trinajstić information content (AvgIpc) is 2.57. The number of hydrogen-bond acceptors (Lipinski definition) is 2. The highest BCUT2D eigenvalue weighted by molar-refractivity contribution is 5.94. The number of rotatable bonds is 2. The Kier molecular flexibility index (Phi) is 4.25. The lowest BCUT2D eigenvalue weighted by molar-refractivity contribution is -0.141. The zero-order valence-electron chi connectivity index (χ0n) is 13.7. The first-order valence-electron chi connectivity index (χ1n) is 7.70. The van der Waals surface area contributed by atoms with E-state index in [2.05, 4.69) is 4.98 Å². The molecule has 3 rings (SSSR count). The van der Waals surface area contributed by atoms with Crippen molar-refractivity contribution < 1.29 is 18.3 Å². The van der Waals surface area contributed by atoms with E-state index >= 15 is 0 Å². The maximum absolute atomic E-state index is 12.5. The van der Waals surface area contributed by atoms with Gasteiger partial charge in [-0.1, -0.05) is 36.4 Å². The van der Waals surface area contributed by atoms with Crippen molar-refractivity contribution in [2.45, 2.75) is 20.0 Å². The molecule has 2 nitrogen and oxygen atoms in total. The van der Waals surface area contributed by atoms with Crippen molar-refractivity contribution in [3.63, 3.8) is 0 Å². The highest BCUT2D eigenvalue weighted by Crippen LogP contribution is 2.32.